The number of rotatable bonds is 3. The average Bonchev–Trinajstić information content (AvgIpc) is 2.67. The van der Waals surface area contributed by atoms with E-state index < -0.39 is 5.60 Å². The first-order valence-electron chi connectivity index (χ1n) is 9.12. The first-order chi connectivity index (χ1) is 11.4. The lowest BCUT2D eigenvalue weighted by Gasteiger charge is -2.32. The summed E-state index contributed by atoms with van der Waals surface area (Å²) in [6.07, 6.45) is 5.28. The molecule has 6 heteroatoms. The fourth-order valence-electron chi connectivity index (χ4n) is 2.82. The van der Waals surface area contributed by atoms with Crippen molar-refractivity contribution >= 4 is 13.2 Å². The highest BCUT2D eigenvalue weighted by molar-refractivity contribution is 6.54. The maximum atomic E-state index is 12.4. The molecule has 0 N–H and O–H groups in total. The van der Waals surface area contributed by atoms with E-state index in [1.165, 1.54) is 0 Å². The van der Waals surface area contributed by atoms with Crippen molar-refractivity contribution in [3.8, 4) is 0 Å². The number of ether oxygens (including phenoxy) is 1. The van der Waals surface area contributed by atoms with Gasteiger partial charge in [0.25, 0.3) is 0 Å². The Labute approximate surface area is 152 Å². The Hall–Kier alpha value is -1.27. The third kappa shape index (κ3) is 4.48. The van der Waals surface area contributed by atoms with Crippen LogP contribution in [-0.4, -0.2) is 41.5 Å². The van der Waals surface area contributed by atoms with Crippen LogP contribution in [0.3, 0.4) is 0 Å². The van der Waals surface area contributed by atoms with Gasteiger partial charge in [-0.1, -0.05) is 6.08 Å². The van der Waals surface area contributed by atoms with Crippen LogP contribution in [0.4, 0.5) is 4.79 Å². The highest BCUT2D eigenvalue weighted by atomic mass is 16.7. The number of hydrogen-bond acceptors (Lipinski definition) is 4. The van der Waals surface area contributed by atoms with Crippen LogP contribution in [0.5, 0.6) is 0 Å². The third-order valence-electron chi connectivity index (χ3n) is 4.99. The molecule has 0 aromatic heterocycles. The minimum absolute atomic E-state index is 0.297. The molecule has 0 bridgehead atoms. The van der Waals surface area contributed by atoms with Crippen LogP contribution in [0.2, 0.25) is 0 Å². The Morgan fingerprint density at radius 3 is 2.12 bits per heavy atom. The maximum absolute atomic E-state index is 12.4. The normalized spacial score (nSPS) is 22.3. The van der Waals surface area contributed by atoms with Crippen LogP contribution >= 0.6 is 0 Å². The first-order valence-corrected chi connectivity index (χ1v) is 9.12. The molecule has 1 aliphatic heterocycles. The number of amides is 1. The number of carbonyl (C=O) groups is 1. The molecule has 25 heavy (non-hydrogen) atoms. The first kappa shape index (κ1) is 20.1. The van der Waals surface area contributed by atoms with E-state index >= 15 is 0 Å². The van der Waals surface area contributed by atoms with E-state index in [0.717, 1.165) is 24.0 Å². The van der Waals surface area contributed by atoms with Crippen molar-refractivity contribution in [1.29, 1.82) is 0 Å². The molecule has 2 aliphatic rings. The summed E-state index contributed by atoms with van der Waals surface area (Å²) in [4.78, 5) is 14.1. The molecule has 1 saturated heterocycles. The number of nitrogens with zero attached hydrogens (tertiary/aromatic N) is 1. The fourth-order valence-corrected chi connectivity index (χ4v) is 2.82. The van der Waals surface area contributed by atoms with Crippen molar-refractivity contribution < 1.29 is 18.8 Å². The summed E-state index contributed by atoms with van der Waals surface area (Å²) in [7, 11) is -0.320. The third-order valence-corrected chi connectivity index (χ3v) is 4.99. The van der Waals surface area contributed by atoms with Gasteiger partial charge in [-0.2, -0.15) is 0 Å². The molecular formula is C19H32BNO4. The largest absolute Gasteiger partial charge is 0.490 e. The molecule has 0 aromatic rings. The Bertz CT molecular complexity index is 571. The topological polar surface area (TPSA) is 48.0 Å². The van der Waals surface area contributed by atoms with Crippen molar-refractivity contribution in [3.63, 3.8) is 0 Å². The van der Waals surface area contributed by atoms with Crippen LogP contribution in [-0.2, 0) is 14.0 Å². The van der Waals surface area contributed by atoms with Gasteiger partial charge in [-0.05, 0) is 79.8 Å². The minimum atomic E-state index is -0.497. The van der Waals surface area contributed by atoms with Gasteiger partial charge < -0.3 is 14.0 Å². The Morgan fingerprint density at radius 1 is 1.16 bits per heavy atom. The molecule has 0 spiro atoms. The predicted molar refractivity (Wildman–Crippen MR) is 100 cm³/mol. The molecule has 0 atom stereocenters. The van der Waals surface area contributed by atoms with Crippen molar-refractivity contribution in [2.75, 3.05) is 6.54 Å². The highest BCUT2D eigenvalue weighted by Gasteiger charge is 2.52. The second-order valence-corrected chi connectivity index (χ2v) is 8.71. The maximum Gasteiger partial charge on any atom is 0.490 e. The summed E-state index contributed by atoms with van der Waals surface area (Å²) in [5.41, 5.74) is 0.909. The second-order valence-electron chi connectivity index (χ2n) is 8.71. The van der Waals surface area contributed by atoms with Crippen molar-refractivity contribution in [1.82, 2.24) is 4.90 Å². The molecular weight excluding hydrogens is 317 g/mol. The van der Waals surface area contributed by atoms with Gasteiger partial charge in [-0.15, -0.1) is 0 Å². The quantitative estimate of drug-likeness (QED) is 0.705. The lowest BCUT2D eigenvalue weighted by Crippen LogP contribution is -2.41. The zero-order valence-corrected chi connectivity index (χ0v) is 16.9. The van der Waals surface area contributed by atoms with Crippen LogP contribution in [0.1, 0.15) is 68.2 Å². The van der Waals surface area contributed by atoms with E-state index in [2.05, 4.69) is 27.7 Å². The molecule has 0 unspecified atom stereocenters. The summed E-state index contributed by atoms with van der Waals surface area (Å²) in [6, 6.07) is 0. The highest BCUT2D eigenvalue weighted by Crippen LogP contribution is 2.40. The van der Waals surface area contributed by atoms with Gasteiger partial charge in [0.1, 0.15) is 5.60 Å². The standard InChI is InChI=1S/C19H32BNO4/c1-9-21(16(22)23-17(2,3)4)15-12-10-14(11-13-15)20-24-18(5,6)19(7,8)25-20/h10,12H,9,11,13H2,1-8H3. The number of allylic oxidation sites excluding steroid dienone is 4. The van der Waals surface area contributed by atoms with Gasteiger partial charge in [0.05, 0.1) is 11.2 Å². The molecule has 1 heterocycles. The van der Waals surface area contributed by atoms with E-state index in [-0.39, 0.29) is 24.4 Å². The van der Waals surface area contributed by atoms with Crippen molar-refractivity contribution in [2.45, 2.75) is 85.0 Å². The summed E-state index contributed by atoms with van der Waals surface area (Å²) in [6.45, 7) is 16.4. The van der Waals surface area contributed by atoms with E-state index in [1.54, 1.807) is 4.90 Å². The summed E-state index contributed by atoms with van der Waals surface area (Å²) >= 11 is 0. The molecule has 1 fully saturated rings. The Balaban J connectivity index is 2.11. The van der Waals surface area contributed by atoms with E-state index in [4.69, 9.17) is 14.0 Å². The predicted octanol–water partition coefficient (Wildman–Crippen LogP) is 4.48. The molecule has 5 nitrogen and oxygen atoms in total. The van der Waals surface area contributed by atoms with Crippen LogP contribution in [0.15, 0.2) is 23.3 Å². The van der Waals surface area contributed by atoms with Gasteiger partial charge in [0, 0.05) is 12.2 Å². The Morgan fingerprint density at radius 2 is 1.72 bits per heavy atom. The summed E-state index contributed by atoms with van der Waals surface area (Å²) in [5, 5.41) is 0. The van der Waals surface area contributed by atoms with Crippen molar-refractivity contribution in [3.05, 3.63) is 23.3 Å². The molecule has 0 saturated carbocycles. The van der Waals surface area contributed by atoms with Gasteiger partial charge in [-0.25, -0.2) is 4.79 Å². The number of carbonyl (C=O) groups excluding carboxylic acids is 1. The lowest BCUT2D eigenvalue weighted by molar-refractivity contribution is 0.00578. The lowest BCUT2D eigenvalue weighted by atomic mass is 9.73. The SMILES string of the molecule is CCN(C(=O)OC(C)(C)C)C1=CC=C(B2OC(C)(C)C(C)(C)O2)CC1. The average molecular weight is 349 g/mol. The van der Waals surface area contributed by atoms with E-state index in [1.807, 2.05) is 39.8 Å². The van der Waals surface area contributed by atoms with E-state index in [0.29, 0.717) is 6.54 Å². The fraction of sp³-hybridized carbons (Fsp3) is 0.737. The monoisotopic (exact) mass is 349 g/mol. The molecule has 0 aromatic carbocycles. The zero-order valence-electron chi connectivity index (χ0n) is 16.9. The van der Waals surface area contributed by atoms with Gasteiger partial charge in [-0.3, -0.25) is 4.90 Å². The number of hydrogen-bond donors (Lipinski definition) is 0. The molecule has 1 amide bonds. The minimum Gasteiger partial charge on any atom is -0.443 e. The smallest absolute Gasteiger partial charge is 0.443 e. The van der Waals surface area contributed by atoms with E-state index in [9.17, 15) is 4.79 Å². The molecule has 1 aliphatic carbocycles. The van der Waals surface area contributed by atoms with Crippen LogP contribution in [0.25, 0.3) is 0 Å². The van der Waals surface area contributed by atoms with Gasteiger partial charge in [0.2, 0.25) is 0 Å². The summed E-state index contributed by atoms with van der Waals surface area (Å²) in [5.74, 6) is 0. The molecule has 140 valence electrons. The van der Waals surface area contributed by atoms with Gasteiger partial charge >= 0.3 is 13.2 Å². The zero-order chi connectivity index (χ0) is 19.0. The molecule has 0 radical (unpaired) electrons. The van der Waals surface area contributed by atoms with Gasteiger partial charge in [0.15, 0.2) is 0 Å². The van der Waals surface area contributed by atoms with Crippen molar-refractivity contribution in [2.24, 2.45) is 0 Å². The van der Waals surface area contributed by atoms with Crippen LogP contribution < -0.4 is 0 Å². The molecule has 2 rings (SSSR count). The van der Waals surface area contributed by atoms with Crippen LogP contribution in [0, 0.1) is 0 Å². The second kappa shape index (κ2) is 6.80. The Kier molecular flexibility index (Phi) is 5.46. The summed E-state index contributed by atoms with van der Waals surface area (Å²) < 4.78 is 17.7.